The van der Waals surface area contributed by atoms with Crippen LogP contribution in [-0.4, -0.2) is 31.1 Å². The van der Waals surface area contributed by atoms with E-state index in [9.17, 15) is 8.42 Å². The molecule has 1 aliphatic rings. The molecule has 0 bridgehead atoms. The second kappa shape index (κ2) is 5.50. The Morgan fingerprint density at radius 1 is 1.29 bits per heavy atom. The third kappa shape index (κ3) is 2.89. The molecule has 5 heteroatoms. The van der Waals surface area contributed by atoms with Crippen LogP contribution in [0, 0.1) is 5.92 Å². The van der Waals surface area contributed by atoms with Crippen molar-refractivity contribution in [2.24, 2.45) is 5.92 Å². The molecule has 0 N–H and O–H groups in total. The van der Waals surface area contributed by atoms with Gasteiger partial charge >= 0.3 is 0 Å². The molecule has 1 unspecified atom stereocenters. The van der Waals surface area contributed by atoms with Crippen LogP contribution in [0.3, 0.4) is 0 Å². The molecule has 2 rings (SSSR count). The molecule has 1 saturated heterocycles. The fourth-order valence-electron chi connectivity index (χ4n) is 2.15. The highest BCUT2D eigenvalue weighted by Crippen LogP contribution is 2.26. The molecule has 17 heavy (non-hydrogen) atoms. The first kappa shape index (κ1) is 13.1. The van der Waals surface area contributed by atoms with Crippen molar-refractivity contribution in [2.75, 3.05) is 18.4 Å². The maximum atomic E-state index is 12.3. The van der Waals surface area contributed by atoms with Crippen molar-refractivity contribution in [2.45, 2.75) is 17.7 Å². The molecular formula is C12H16BrNO2S. The van der Waals surface area contributed by atoms with Gasteiger partial charge in [0, 0.05) is 18.4 Å². The first-order valence-electron chi connectivity index (χ1n) is 5.76. The van der Waals surface area contributed by atoms with Crippen LogP contribution in [0.25, 0.3) is 0 Å². The van der Waals surface area contributed by atoms with Crippen LogP contribution in [0.1, 0.15) is 12.8 Å². The smallest absolute Gasteiger partial charge is 0.207 e. The average Bonchev–Trinajstić information content (AvgIpc) is 2.80. The number of alkyl halides is 1. The molecule has 1 heterocycles. The van der Waals surface area contributed by atoms with Crippen LogP contribution >= 0.6 is 15.9 Å². The van der Waals surface area contributed by atoms with Gasteiger partial charge in [-0.25, -0.2) is 8.42 Å². The lowest BCUT2D eigenvalue weighted by Crippen LogP contribution is -2.28. The van der Waals surface area contributed by atoms with Crippen LogP contribution in [0.4, 0.5) is 0 Å². The molecule has 0 radical (unpaired) electrons. The average molecular weight is 318 g/mol. The van der Waals surface area contributed by atoms with E-state index in [0.29, 0.717) is 23.9 Å². The standard InChI is InChI=1S/C12H16BrNO2S/c13-8-6-11-7-9-14(10-11)17(15,16)12-4-2-1-3-5-12/h1-5,11H,6-10H2. The summed E-state index contributed by atoms with van der Waals surface area (Å²) in [6.45, 7) is 1.30. The zero-order chi connectivity index (χ0) is 12.3. The molecule has 1 atom stereocenters. The number of sulfonamides is 1. The van der Waals surface area contributed by atoms with Crippen molar-refractivity contribution < 1.29 is 8.42 Å². The molecule has 1 aliphatic heterocycles. The van der Waals surface area contributed by atoms with Gasteiger partial charge in [0.15, 0.2) is 0 Å². The second-order valence-electron chi connectivity index (χ2n) is 4.31. The van der Waals surface area contributed by atoms with E-state index in [1.54, 1.807) is 28.6 Å². The van der Waals surface area contributed by atoms with Gasteiger partial charge in [-0.05, 0) is 30.9 Å². The molecular weight excluding hydrogens is 302 g/mol. The molecule has 0 aliphatic carbocycles. The minimum Gasteiger partial charge on any atom is -0.207 e. The number of benzene rings is 1. The highest BCUT2D eigenvalue weighted by Gasteiger charge is 2.31. The SMILES string of the molecule is O=S(=O)(c1ccccc1)N1CCC(CCBr)C1. The van der Waals surface area contributed by atoms with Gasteiger partial charge in [0.05, 0.1) is 4.90 Å². The Morgan fingerprint density at radius 2 is 2.00 bits per heavy atom. The zero-order valence-corrected chi connectivity index (χ0v) is 12.0. The molecule has 1 fully saturated rings. The second-order valence-corrected chi connectivity index (χ2v) is 7.04. The first-order chi connectivity index (χ1) is 8.14. The zero-order valence-electron chi connectivity index (χ0n) is 9.55. The largest absolute Gasteiger partial charge is 0.243 e. The summed E-state index contributed by atoms with van der Waals surface area (Å²) < 4.78 is 26.2. The Balaban J connectivity index is 2.13. The molecule has 0 aromatic heterocycles. The molecule has 1 aromatic carbocycles. The van der Waals surface area contributed by atoms with Gasteiger partial charge in [-0.2, -0.15) is 4.31 Å². The molecule has 0 saturated carbocycles. The third-order valence-corrected chi connectivity index (χ3v) is 5.48. The number of halogens is 1. The predicted molar refractivity (Wildman–Crippen MR) is 71.7 cm³/mol. The minimum absolute atomic E-state index is 0.402. The summed E-state index contributed by atoms with van der Waals surface area (Å²) >= 11 is 3.41. The molecule has 0 amide bonds. The first-order valence-corrected chi connectivity index (χ1v) is 8.32. The number of nitrogens with zero attached hydrogens (tertiary/aromatic N) is 1. The van der Waals surface area contributed by atoms with Crippen molar-refractivity contribution in [3.05, 3.63) is 30.3 Å². The highest BCUT2D eigenvalue weighted by atomic mass is 79.9. The van der Waals surface area contributed by atoms with Gasteiger partial charge in [-0.15, -0.1) is 0 Å². The third-order valence-electron chi connectivity index (χ3n) is 3.15. The molecule has 0 spiro atoms. The van der Waals surface area contributed by atoms with Crippen LogP contribution in [0.2, 0.25) is 0 Å². The Labute approximate surface area is 111 Å². The van der Waals surface area contributed by atoms with Gasteiger partial charge in [-0.3, -0.25) is 0 Å². The maximum absolute atomic E-state index is 12.3. The minimum atomic E-state index is -3.27. The predicted octanol–water partition coefficient (Wildman–Crippen LogP) is 2.48. The van der Waals surface area contributed by atoms with Gasteiger partial charge in [0.2, 0.25) is 10.0 Å². The van der Waals surface area contributed by atoms with Crippen molar-refractivity contribution >= 4 is 26.0 Å². The topological polar surface area (TPSA) is 37.4 Å². The van der Waals surface area contributed by atoms with E-state index in [1.807, 2.05) is 6.07 Å². The van der Waals surface area contributed by atoms with E-state index in [-0.39, 0.29) is 0 Å². The summed E-state index contributed by atoms with van der Waals surface area (Å²) in [6.07, 6.45) is 2.01. The summed E-state index contributed by atoms with van der Waals surface area (Å²) in [4.78, 5) is 0.402. The van der Waals surface area contributed by atoms with Gasteiger partial charge in [0.1, 0.15) is 0 Å². The fraction of sp³-hybridized carbons (Fsp3) is 0.500. The number of hydrogen-bond acceptors (Lipinski definition) is 2. The summed E-state index contributed by atoms with van der Waals surface area (Å²) in [5.41, 5.74) is 0. The quantitative estimate of drug-likeness (QED) is 0.800. The molecule has 1 aromatic rings. The highest BCUT2D eigenvalue weighted by molar-refractivity contribution is 9.09. The van der Waals surface area contributed by atoms with Crippen LogP contribution in [-0.2, 0) is 10.0 Å². The van der Waals surface area contributed by atoms with Gasteiger partial charge < -0.3 is 0 Å². The summed E-state index contributed by atoms with van der Waals surface area (Å²) in [5.74, 6) is 0.493. The Bertz CT molecular complexity index is 461. The lowest BCUT2D eigenvalue weighted by molar-refractivity contribution is 0.454. The van der Waals surface area contributed by atoms with Crippen LogP contribution < -0.4 is 0 Å². The summed E-state index contributed by atoms with van der Waals surface area (Å²) in [5, 5.41) is 0.941. The fourth-order valence-corrected chi connectivity index (χ4v) is 4.35. The molecule has 94 valence electrons. The van der Waals surface area contributed by atoms with Crippen LogP contribution in [0.5, 0.6) is 0 Å². The van der Waals surface area contributed by atoms with E-state index in [1.165, 1.54) is 0 Å². The molecule has 3 nitrogen and oxygen atoms in total. The van der Waals surface area contributed by atoms with E-state index in [0.717, 1.165) is 18.2 Å². The van der Waals surface area contributed by atoms with Crippen LogP contribution in [0.15, 0.2) is 35.2 Å². The van der Waals surface area contributed by atoms with Gasteiger partial charge in [-0.1, -0.05) is 34.1 Å². The van der Waals surface area contributed by atoms with E-state index in [2.05, 4.69) is 15.9 Å². The van der Waals surface area contributed by atoms with Crippen molar-refractivity contribution in [1.29, 1.82) is 0 Å². The monoisotopic (exact) mass is 317 g/mol. The maximum Gasteiger partial charge on any atom is 0.243 e. The lowest BCUT2D eigenvalue weighted by atomic mass is 10.1. The Morgan fingerprint density at radius 3 is 2.65 bits per heavy atom. The Kier molecular flexibility index (Phi) is 4.22. The summed E-state index contributed by atoms with van der Waals surface area (Å²) in [6, 6.07) is 8.68. The Hall–Kier alpha value is -0.390. The normalized spacial score (nSPS) is 21.8. The van der Waals surface area contributed by atoms with Crippen molar-refractivity contribution in [3.8, 4) is 0 Å². The van der Waals surface area contributed by atoms with Crippen molar-refractivity contribution in [1.82, 2.24) is 4.31 Å². The van der Waals surface area contributed by atoms with E-state index in [4.69, 9.17) is 0 Å². The van der Waals surface area contributed by atoms with Crippen molar-refractivity contribution in [3.63, 3.8) is 0 Å². The van der Waals surface area contributed by atoms with E-state index >= 15 is 0 Å². The summed E-state index contributed by atoms with van der Waals surface area (Å²) in [7, 11) is -3.27. The van der Waals surface area contributed by atoms with Gasteiger partial charge in [0.25, 0.3) is 0 Å². The lowest BCUT2D eigenvalue weighted by Gasteiger charge is -2.16. The number of hydrogen-bond donors (Lipinski definition) is 0. The van der Waals surface area contributed by atoms with E-state index < -0.39 is 10.0 Å². The number of rotatable bonds is 4.